The maximum absolute atomic E-state index is 5.25. The molecule has 1 aromatic carbocycles. The van der Waals surface area contributed by atoms with Crippen molar-refractivity contribution in [1.29, 1.82) is 0 Å². The van der Waals surface area contributed by atoms with Crippen LogP contribution in [0.25, 0.3) is 0 Å². The van der Waals surface area contributed by atoms with Crippen LogP contribution in [0.4, 0.5) is 0 Å². The Kier molecular flexibility index (Phi) is 4.91. The summed E-state index contributed by atoms with van der Waals surface area (Å²) in [5.41, 5.74) is 1.17. The number of benzene rings is 1. The van der Waals surface area contributed by atoms with Crippen molar-refractivity contribution in [2.24, 2.45) is 0 Å². The summed E-state index contributed by atoms with van der Waals surface area (Å²) in [6.07, 6.45) is 0. The summed E-state index contributed by atoms with van der Waals surface area (Å²) in [4.78, 5) is 0. The first-order valence-corrected chi connectivity index (χ1v) is 5.63. The van der Waals surface area contributed by atoms with Gasteiger partial charge in [-0.2, -0.15) is 0 Å². The van der Waals surface area contributed by atoms with Crippen molar-refractivity contribution in [3.8, 4) is 11.5 Å². The number of halogens is 1. The van der Waals surface area contributed by atoms with Crippen molar-refractivity contribution in [2.75, 3.05) is 20.8 Å². The van der Waals surface area contributed by atoms with Crippen LogP contribution >= 0.6 is 15.9 Å². The zero-order valence-corrected chi connectivity index (χ0v) is 10.8. The lowest BCUT2D eigenvalue weighted by Gasteiger charge is -2.12. The summed E-state index contributed by atoms with van der Waals surface area (Å²) in [7, 11) is 3.27. The van der Waals surface area contributed by atoms with Crippen LogP contribution < -0.4 is 14.8 Å². The Balaban J connectivity index is 2.97. The molecule has 3 nitrogen and oxygen atoms in total. The van der Waals surface area contributed by atoms with Gasteiger partial charge in [-0.15, -0.1) is 0 Å². The highest BCUT2D eigenvalue weighted by Gasteiger charge is 2.09. The molecule has 0 aromatic heterocycles. The Labute approximate surface area is 98.9 Å². The van der Waals surface area contributed by atoms with Gasteiger partial charge in [0.2, 0.25) is 0 Å². The van der Waals surface area contributed by atoms with Gasteiger partial charge < -0.3 is 14.8 Å². The molecular weight excluding hydrogens is 258 g/mol. The maximum atomic E-state index is 5.25. The van der Waals surface area contributed by atoms with Gasteiger partial charge in [-0.05, 0) is 40.2 Å². The smallest absolute Gasteiger partial charge is 0.174 e. The number of methoxy groups -OCH3 is 2. The van der Waals surface area contributed by atoms with E-state index in [1.165, 1.54) is 5.56 Å². The topological polar surface area (TPSA) is 30.5 Å². The lowest BCUT2D eigenvalue weighted by Crippen LogP contribution is -2.11. The minimum absolute atomic E-state index is 0.734. The van der Waals surface area contributed by atoms with E-state index in [1.807, 2.05) is 12.1 Å². The van der Waals surface area contributed by atoms with Crippen molar-refractivity contribution in [3.05, 3.63) is 22.2 Å². The van der Waals surface area contributed by atoms with Crippen LogP contribution in [0, 0.1) is 0 Å². The van der Waals surface area contributed by atoms with Crippen LogP contribution in [0.2, 0.25) is 0 Å². The fraction of sp³-hybridized carbons (Fsp3) is 0.455. The van der Waals surface area contributed by atoms with Gasteiger partial charge >= 0.3 is 0 Å². The third-order valence-electron chi connectivity index (χ3n) is 2.07. The maximum Gasteiger partial charge on any atom is 0.174 e. The summed E-state index contributed by atoms with van der Waals surface area (Å²) < 4.78 is 11.4. The fourth-order valence-corrected chi connectivity index (χ4v) is 1.99. The largest absolute Gasteiger partial charge is 0.493 e. The third-order valence-corrected chi connectivity index (χ3v) is 2.66. The van der Waals surface area contributed by atoms with E-state index in [0.29, 0.717) is 0 Å². The minimum Gasteiger partial charge on any atom is -0.493 e. The molecule has 0 unspecified atom stereocenters. The SMILES string of the molecule is CCNCc1cc(Br)c(OC)c(OC)c1. The fourth-order valence-electron chi connectivity index (χ4n) is 1.34. The predicted octanol–water partition coefficient (Wildman–Crippen LogP) is 2.58. The summed E-state index contributed by atoms with van der Waals surface area (Å²) >= 11 is 3.46. The molecule has 0 radical (unpaired) electrons. The molecule has 0 aliphatic rings. The van der Waals surface area contributed by atoms with E-state index < -0.39 is 0 Å². The van der Waals surface area contributed by atoms with Crippen LogP contribution in [0.3, 0.4) is 0 Å². The molecule has 1 N–H and O–H groups in total. The van der Waals surface area contributed by atoms with Gasteiger partial charge in [0, 0.05) is 6.54 Å². The van der Waals surface area contributed by atoms with Crippen LogP contribution in [0.15, 0.2) is 16.6 Å². The van der Waals surface area contributed by atoms with Crippen LogP contribution in [0.5, 0.6) is 11.5 Å². The van der Waals surface area contributed by atoms with E-state index in [1.54, 1.807) is 14.2 Å². The van der Waals surface area contributed by atoms with Crippen LogP contribution in [-0.2, 0) is 6.54 Å². The molecule has 0 amide bonds. The van der Waals surface area contributed by atoms with E-state index in [0.717, 1.165) is 29.1 Å². The molecule has 1 rings (SSSR count). The Hall–Kier alpha value is -0.740. The molecule has 0 spiro atoms. The van der Waals surface area contributed by atoms with Gasteiger partial charge in [-0.1, -0.05) is 6.92 Å². The molecule has 0 aliphatic heterocycles. The number of nitrogens with one attached hydrogen (secondary N) is 1. The molecule has 0 saturated heterocycles. The molecule has 1 aromatic rings. The third kappa shape index (κ3) is 3.11. The van der Waals surface area contributed by atoms with Crippen molar-refractivity contribution in [1.82, 2.24) is 5.32 Å². The highest BCUT2D eigenvalue weighted by molar-refractivity contribution is 9.10. The normalized spacial score (nSPS) is 10.1. The molecule has 15 heavy (non-hydrogen) atoms. The second-order valence-electron chi connectivity index (χ2n) is 3.09. The molecule has 0 atom stereocenters. The summed E-state index contributed by atoms with van der Waals surface area (Å²) in [5, 5.41) is 3.26. The molecule has 0 fully saturated rings. The average molecular weight is 274 g/mol. The van der Waals surface area contributed by atoms with Crippen LogP contribution in [-0.4, -0.2) is 20.8 Å². The Morgan fingerprint density at radius 3 is 2.53 bits per heavy atom. The van der Waals surface area contributed by atoms with Gasteiger partial charge in [0.25, 0.3) is 0 Å². The average Bonchev–Trinajstić information content (AvgIpc) is 2.25. The first kappa shape index (κ1) is 12.3. The first-order chi connectivity index (χ1) is 7.22. The van der Waals surface area contributed by atoms with E-state index in [9.17, 15) is 0 Å². The molecule has 84 valence electrons. The van der Waals surface area contributed by atoms with Gasteiger partial charge in [0.05, 0.1) is 18.7 Å². The van der Waals surface area contributed by atoms with E-state index in [2.05, 4.69) is 28.2 Å². The van der Waals surface area contributed by atoms with Crippen molar-refractivity contribution >= 4 is 15.9 Å². The Morgan fingerprint density at radius 2 is 2.00 bits per heavy atom. The van der Waals surface area contributed by atoms with Crippen molar-refractivity contribution < 1.29 is 9.47 Å². The first-order valence-electron chi connectivity index (χ1n) is 4.84. The summed E-state index contributed by atoms with van der Waals surface area (Å²) in [5.74, 6) is 1.48. The number of ether oxygens (including phenoxy) is 2. The summed E-state index contributed by atoms with van der Waals surface area (Å²) in [6, 6.07) is 4.01. The highest BCUT2D eigenvalue weighted by atomic mass is 79.9. The second kappa shape index (κ2) is 5.98. The monoisotopic (exact) mass is 273 g/mol. The standard InChI is InChI=1S/C11H16BrNO2/c1-4-13-7-8-5-9(12)11(15-3)10(6-8)14-2/h5-6,13H,4,7H2,1-3H3. The van der Waals surface area contributed by atoms with E-state index >= 15 is 0 Å². The quantitative estimate of drug-likeness (QED) is 0.895. The zero-order valence-electron chi connectivity index (χ0n) is 9.26. The van der Waals surface area contributed by atoms with Gasteiger partial charge in [-0.3, -0.25) is 0 Å². The molecule has 0 aliphatic carbocycles. The number of hydrogen-bond donors (Lipinski definition) is 1. The molecule has 4 heteroatoms. The van der Waals surface area contributed by atoms with Gasteiger partial charge in [0.1, 0.15) is 0 Å². The van der Waals surface area contributed by atoms with Crippen molar-refractivity contribution in [2.45, 2.75) is 13.5 Å². The van der Waals surface area contributed by atoms with Gasteiger partial charge in [-0.25, -0.2) is 0 Å². The van der Waals surface area contributed by atoms with Crippen molar-refractivity contribution in [3.63, 3.8) is 0 Å². The molecule has 0 saturated carbocycles. The molecule has 0 heterocycles. The lowest BCUT2D eigenvalue weighted by atomic mass is 10.2. The van der Waals surface area contributed by atoms with E-state index in [4.69, 9.17) is 9.47 Å². The lowest BCUT2D eigenvalue weighted by molar-refractivity contribution is 0.352. The second-order valence-corrected chi connectivity index (χ2v) is 3.95. The minimum atomic E-state index is 0.734. The number of rotatable bonds is 5. The Morgan fingerprint density at radius 1 is 1.27 bits per heavy atom. The van der Waals surface area contributed by atoms with Gasteiger partial charge in [0.15, 0.2) is 11.5 Å². The Bertz CT molecular complexity index is 329. The zero-order chi connectivity index (χ0) is 11.3. The highest BCUT2D eigenvalue weighted by Crippen LogP contribution is 2.36. The predicted molar refractivity (Wildman–Crippen MR) is 64.6 cm³/mol. The van der Waals surface area contributed by atoms with E-state index in [-0.39, 0.29) is 0 Å². The summed E-state index contributed by atoms with van der Waals surface area (Å²) in [6.45, 7) is 3.86. The van der Waals surface area contributed by atoms with Crippen LogP contribution in [0.1, 0.15) is 12.5 Å². The molecule has 0 bridgehead atoms. The number of hydrogen-bond acceptors (Lipinski definition) is 3. The molecular formula is C11H16BrNO2.